The lowest BCUT2D eigenvalue weighted by Gasteiger charge is -2.10. The SMILES string of the molecule is Cc1c(C(=O)OCC(=O)Nc2ccc(OC(F)F)c(Cl)c2)sc2nc3n(c(=O)c12)CCC3. The second-order valence-corrected chi connectivity index (χ2v) is 8.38. The second-order valence-electron chi connectivity index (χ2n) is 6.97. The van der Waals surface area contributed by atoms with Crippen LogP contribution >= 0.6 is 22.9 Å². The van der Waals surface area contributed by atoms with E-state index in [1.807, 2.05) is 0 Å². The van der Waals surface area contributed by atoms with Crippen molar-refractivity contribution in [1.29, 1.82) is 0 Å². The third-order valence-electron chi connectivity index (χ3n) is 4.86. The van der Waals surface area contributed by atoms with Crippen LogP contribution in [-0.2, 0) is 22.5 Å². The Morgan fingerprint density at radius 3 is 2.88 bits per heavy atom. The number of aryl methyl sites for hydroxylation is 2. The Hall–Kier alpha value is -3.05. The number of halogens is 3. The molecule has 12 heteroatoms. The van der Waals surface area contributed by atoms with Crippen molar-refractivity contribution in [2.24, 2.45) is 0 Å². The van der Waals surface area contributed by atoms with E-state index < -0.39 is 25.1 Å². The van der Waals surface area contributed by atoms with E-state index in [2.05, 4.69) is 15.0 Å². The summed E-state index contributed by atoms with van der Waals surface area (Å²) >= 11 is 6.90. The molecule has 0 aliphatic carbocycles. The van der Waals surface area contributed by atoms with Gasteiger partial charge >= 0.3 is 12.6 Å². The van der Waals surface area contributed by atoms with Crippen molar-refractivity contribution < 1.29 is 27.8 Å². The number of fused-ring (bicyclic) bond motifs is 2. The average molecular weight is 484 g/mol. The largest absolute Gasteiger partial charge is 0.451 e. The van der Waals surface area contributed by atoms with Crippen LogP contribution in [0.1, 0.15) is 27.5 Å². The van der Waals surface area contributed by atoms with Crippen molar-refractivity contribution in [3.05, 3.63) is 49.8 Å². The molecule has 0 bridgehead atoms. The lowest BCUT2D eigenvalue weighted by molar-refractivity contribution is -0.119. The summed E-state index contributed by atoms with van der Waals surface area (Å²) in [4.78, 5) is 42.5. The molecule has 1 amide bonds. The molecular formula is C20H16ClF2N3O5S. The molecule has 0 radical (unpaired) electrons. The predicted molar refractivity (Wildman–Crippen MR) is 114 cm³/mol. The first-order valence-corrected chi connectivity index (χ1v) is 10.7. The maximum atomic E-state index is 12.7. The summed E-state index contributed by atoms with van der Waals surface area (Å²) in [5.74, 6) is -0.940. The number of nitrogens with zero attached hydrogens (tertiary/aromatic N) is 2. The molecule has 0 atom stereocenters. The highest BCUT2D eigenvalue weighted by Crippen LogP contribution is 2.30. The maximum absolute atomic E-state index is 12.7. The number of amides is 1. The van der Waals surface area contributed by atoms with E-state index in [4.69, 9.17) is 16.3 Å². The summed E-state index contributed by atoms with van der Waals surface area (Å²) in [5, 5.41) is 2.71. The monoisotopic (exact) mass is 483 g/mol. The van der Waals surface area contributed by atoms with Crippen LogP contribution in [0.25, 0.3) is 10.2 Å². The molecule has 3 aromatic rings. The number of thiophene rings is 1. The standard InChI is InChI=1S/C20H16ClF2N3O5S/c1-9-15-17(25-13-3-2-6-26(13)18(15)28)32-16(9)19(29)30-8-14(27)24-10-4-5-12(11(21)7-10)31-20(22)23/h4-5,7,20H,2-3,6,8H2,1H3,(H,24,27). The van der Waals surface area contributed by atoms with Crippen molar-refractivity contribution in [3.8, 4) is 5.75 Å². The number of nitrogens with one attached hydrogen (secondary N) is 1. The van der Waals surface area contributed by atoms with Crippen LogP contribution in [0.5, 0.6) is 5.75 Å². The zero-order valence-electron chi connectivity index (χ0n) is 16.6. The summed E-state index contributed by atoms with van der Waals surface area (Å²) in [7, 11) is 0. The quantitative estimate of drug-likeness (QED) is 0.536. The smallest absolute Gasteiger partial charge is 0.387 e. The molecule has 0 saturated carbocycles. The van der Waals surface area contributed by atoms with Crippen LogP contribution in [0.2, 0.25) is 5.02 Å². The fourth-order valence-corrected chi connectivity index (χ4v) is 4.74. The van der Waals surface area contributed by atoms with Gasteiger partial charge in [0.15, 0.2) is 6.61 Å². The average Bonchev–Trinajstić information content (AvgIpc) is 3.33. The van der Waals surface area contributed by atoms with E-state index in [1.165, 1.54) is 18.2 Å². The Morgan fingerprint density at radius 1 is 1.38 bits per heavy atom. The van der Waals surface area contributed by atoms with E-state index in [9.17, 15) is 23.2 Å². The number of ether oxygens (including phenoxy) is 2. The number of aromatic nitrogens is 2. The van der Waals surface area contributed by atoms with Crippen molar-refractivity contribution in [3.63, 3.8) is 0 Å². The number of carbonyl (C=O) groups excluding carboxylic acids is 2. The van der Waals surface area contributed by atoms with Gasteiger partial charge in [0.05, 0.1) is 10.4 Å². The van der Waals surface area contributed by atoms with Crippen molar-refractivity contribution in [1.82, 2.24) is 9.55 Å². The fraction of sp³-hybridized carbons (Fsp3) is 0.300. The number of carbonyl (C=O) groups is 2. The lowest BCUT2D eigenvalue weighted by Crippen LogP contribution is -2.21. The van der Waals surface area contributed by atoms with E-state index in [-0.39, 0.29) is 26.9 Å². The highest BCUT2D eigenvalue weighted by atomic mass is 35.5. The van der Waals surface area contributed by atoms with Gasteiger partial charge < -0.3 is 14.8 Å². The van der Waals surface area contributed by atoms with Crippen LogP contribution in [0.3, 0.4) is 0 Å². The van der Waals surface area contributed by atoms with Gasteiger partial charge in [0.25, 0.3) is 11.5 Å². The van der Waals surface area contributed by atoms with Crippen molar-refractivity contribution >= 4 is 50.7 Å². The first kappa shape index (κ1) is 22.2. The molecule has 8 nitrogen and oxygen atoms in total. The first-order valence-electron chi connectivity index (χ1n) is 9.48. The van der Waals surface area contributed by atoms with Gasteiger partial charge in [-0.05, 0) is 37.1 Å². The Kier molecular flexibility index (Phi) is 6.11. The van der Waals surface area contributed by atoms with Crippen LogP contribution in [0, 0.1) is 6.92 Å². The highest BCUT2D eigenvalue weighted by Gasteiger charge is 2.24. The molecule has 0 spiro atoms. The summed E-state index contributed by atoms with van der Waals surface area (Å²) in [5.41, 5.74) is 0.503. The molecule has 0 saturated heterocycles. The molecule has 32 heavy (non-hydrogen) atoms. The second kappa shape index (κ2) is 8.83. The van der Waals surface area contributed by atoms with Gasteiger partial charge in [-0.25, -0.2) is 9.78 Å². The van der Waals surface area contributed by atoms with E-state index in [0.29, 0.717) is 34.6 Å². The zero-order chi connectivity index (χ0) is 23.0. The van der Waals surface area contributed by atoms with Crippen LogP contribution < -0.4 is 15.6 Å². The number of esters is 1. The molecule has 1 aliphatic heterocycles. The molecular weight excluding hydrogens is 468 g/mol. The predicted octanol–water partition coefficient (Wildman–Crippen LogP) is 3.76. The zero-order valence-corrected chi connectivity index (χ0v) is 18.2. The summed E-state index contributed by atoms with van der Waals surface area (Å²) < 4.78 is 35.5. The molecule has 1 aliphatic rings. The minimum atomic E-state index is -3.03. The number of hydrogen-bond acceptors (Lipinski definition) is 7. The minimum Gasteiger partial charge on any atom is -0.451 e. The molecule has 1 N–H and O–H groups in total. The number of hydrogen-bond donors (Lipinski definition) is 1. The van der Waals surface area contributed by atoms with Gasteiger partial charge in [-0.1, -0.05) is 11.6 Å². The molecule has 2 aromatic heterocycles. The molecule has 0 fully saturated rings. The molecule has 3 heterocycles. The third kappa shape index (κ3) is 4.30. The third-order valence-corrected chi connectivity index (χ3v) is 6.32. The Labute approximate surface area is 188 Å². The number of rotatable bonds is 6. The van der Waals surface area contributed by atoms with Gasteiger partial charge in [-0.3, -0.25) is 14.2 Å². The van der Waals surface area contributed by atoms with Gasteiger partial charge in [0, 0.05) is 18.7 Å². The molecule has 1 aromatic carbocycles. The Balaban J connectivity index is 1.43. The normalized spacial score (nSPS) is 12.8. The highest BCUT2D eigenvalue weighted by molar-refractivity contribution is 7.20. The van der Waals surface area contributed by atoms with Gasteiger partial charge in [0.2, 0.25) is 0 Å². The van der Waals surface area contributed by atoms with E-state index >= 15 is 0 Å². The Bertz CT molecular complexity index is 1290. The minimum absolute atomic E-state index is 0.119. The first-order chi connectivity index (χ1) is 15.2. The van der Waals surface area contributed by atoms with Crippen LogP contribution in [-0.4, -0.2) is 34.6 Å². The number of anilines is 1. The number of benzene rings is 1. The maximum Gasteiger partial charge on any atom is 0.387 e. The molecule has 0 unspecified atom stereocenters. The van der Waals surface area contributed by atoms with Crippen molar-refractivity contribution in [2.75, 3.05) is 11.9 Å². The summed E-state index contributed by atoms with van der Waals surface area (Å²) in [6, 6.07) is 3.73. The number of alkyl halides is 2. The Morgan fingerprint density at radius 2 is 2.16 bits per heavy atom. The van der Waals surface area contributed by atoms with Gasteiger partial charge in [0.1, 0.15) is 21.3 Å². The topological polar surface area (TPSA) is 99.5 Å². The molecule has 168 valence electrons. The van der Waals surface area contributed by atoms with Gasteiger partial charge in [-0.15, -0.1) is 11.3 Å². The summed E-state index contributed by atoms with van der Waals surface area (Å²) in [6.07, 6.45) is 1.57. The van der Waals surface area contributed by atoms with E-state index in [1.54, 1.807) is 11.5 Å². The lowest BCUT2D eigenvalue weighted by atomic mass is 10.2. The fourth-order valence-electron chi connectivity index (χ4n) is 3.43. The van der Waals surface area contributed by atoms with Crippen LogP contribution in [0.4, 0.5) is 14.5 Å². The van der Waals surface area contributed by atoms with Crippen LogP contribution in [0.15, 0.2) is 23.0 Å². The van der Waals surface area contributed by atoms with Crippen molar-refractivity contribution in [2.45, 2.75) is 32.9 Å². The molecule has 4 rings (SSSR count). The summed E-state index contributed by atoms with van der Waals surface area (Å²) in [6.45, 7) is -1.38. The van der Waals surface area contributed by atoms with E-state index in [0.717, 1.165) is 17.8 Å². The van der Waals surface area contributed by atoms with Gasteiger partial charge in [-0.2, -0.15) is 8.78 Å².